The number of rotatable bonds is 3. The third kappa shape index (κ3) is 7.52. The van der Waals surface area contributed by atoms with E-state index >= 15 is 0 Å². The lowest BCUT2D eigenvalue weighted by atomic mass is 10.1. The standard InChI is InChI=1S/C10H22NO.Al.2H/c1-9(2,3)11-7-8-12-10(4,5)6;;;/h7-8H2,1-6H3;;;/q-1;+1;;. The molecule has 0 radical (unpaired) electrons. The van der Waals surface area contributed by atoms with Crippen LogP contribution in [0.1, 0.15) is 41.5 Å². The van der Waals surface area contributed by atoms with Crippen molar-refractivity contribution in [2.75, 3.05) is 13.2 Å². The Kier molecular flexibility index (Phi) is 4.96. The summed E-state index contributed by atoms with van der Waals surface area (Å²) in [6.45, 7) is 14.9. The van der Waals surface area contributed by atoms with E-state index in [1.54, 1.807) is 0 Å². The van der Waals surface area contributed by atoms with Crippen molar-refractivity contribution in [1.29, 1.82) is 0 Å². The molecule has 0 aromatic carbocycles. The Labute approximate surface area is 91.3 Å². The summed E-state index contributed by atoms with van der Waals surface area (Å²) in [5.41, 5.74) is 0.299. The summed E-state index contributed by atoms with van der Waals surface area (Å²) in [4.78, 5) is 0. The van der Waals surface area contributed by atoms with Crippen LogP contribution in [0.25, 0.3) is 0 Å². The highest BCUT2D eigenvalue weighted by Crippen LogP contribution is 2.11. The van der Waals surface area contributed by atoms with Gasteiger partial charge in [0.2, 0.25) is 0 Å². The molecule has 0 N–H and O–H groups in total. The van der Waals surface area contributed by atoms with Crippen molar-refractivity contribution in [3.63, 3.8) is 0 Å². The van der Waals surface area contributed by atoms with Gasteiger partial charge in [0.1, 0.15) is 0 Å². The van der Waals surface area contributed by atoms with Crippen LogP contribution in [0.4, 0.5) is 0 Å². The number of hydrogen-bond donors (Lipinski definition) is 0. The second kappa shape index (κ2) is 4.80. The van der Waals surface area contributed by atoms with Crippen LogP contribution in [-0.2, 0) is 4.74 Å². The molecule has 0 aliphatic heterocycles. The summed E-state index contributed by atoms with van der Waals surface area (Å²) in [6.07, 6.45) is 0. The highest BCUT2D eigenvalue weighted by molar-refractivity contribution is 6.04. The molecule has 0 atom stereocenters. The molecule has 0 heterocycles. The van der Waals surface area contributed by atoms with Crippen LogP contribution in [0.3, 0.4) is 0 Å². The molecule has 0 rings (SSSR count). The molecule has 0 fully saturated rings. The van der Waals surface area contributed by atoms with E-state index in [2.05, 4.69) is 45.4 Å². The number of nitrogens with zero attached hydrogens (tertiary/aromatic N) is 1. The SMILES string of the molecule is CC(C)(C)OCC[N]([AlH2])C(C)(C)C. The van der Waals surface area contributed by atoms with Crippen molar-refractivity contribution in [2.45, 2.75) is 52.7 Å². The van der Waals surface area contributed by atoms with Crippen LogP contribution in [-0.4, -0.2) is 44.7 Å². The Balaban J connectivity index is 3.67. The summed E-state index contributed by atoms with van der Waals surface area (Å²) >= 11 is 1.10. The Morgan fingerprint density at radius 3 is 1.85 bits per heavy atom. The molecular weight excluding hydrogens is 177 g/mol. The average molecular weight is 201 g/mol. The highest BCUT2D eigenvalue weighted by Gasteiger charge is 2.16. The van der Waals surface area contributed by atoms with E-state index in [1.807, 2.05) is 0 Å². The summed E-state index contributed by atoms with van der Waals surface area (Å²) in [6, 6.07) is 0. The van der Waals surface area contributed by atoms with Gasteiger partial charge in [0.05, 0.1) is 12.2 Å². The largest absolute Gasteiger partial charge is 0.384 e. The zero-order chi connectivity index (χ0) is 10.7. The van der Waals surface area contributed by atoms with Gasteiger partial charge in [-0.3, -0.25) is 0 Å². The molecular formula is C10H24AlNO. The van der Waals surface area contributed by atoms with Crippen LogP contribution >= 0.6 is 0 Å². The van der Waals surface area contributed by atoms with Crippen molar-refractivity contribution < 1.29 is 4.74 Å². The van der Waals surface area contributed by atoms with E-state index < -0.39 is 0 Å². The Morgan fingerprint density at radius 2 is 1.54 bits per heavy atom. The van der Waals surface area contributed by atoms with Gasteiger partial charge >= 0.3 is 16.5 Å². The van der Waals surface area contributed by atoms with Gasteiger partial charge < -0.3 is 8.62 Å². The lowest BCUT2D eigenvalue weighted by Crippen LogP contribution is -2.42. The van der Waals surface area contributed by atoms with E-state index in [9.17, 15) is 0 Å². The topological polar surface area (TPSA) is 12.5 Å². The van der Waals surface area contributed by atoms with Crippen LogP contribution < -0.4 is 0 Å². The number of ether oxygens (including phenoxy) is 1. The van der Waals surface area contributed by atoms with Crippen LogP contribution in [0.5, 0.6) is 0 Å². The zero-order valence-corrected chi connectivity index (χ0v) is 12.3. The smallest absolute Gasteiger partial charge is 0.322 e. The first-order valence-corrected chi connectivity index (χ1v) is 5.87. The first-order chi connectivity index (χ1) is 5.63. The minimum absolute atomic E-state index is 0.000278. The second-order valence-corrected chi connectivity index (χ2v) is 6.63. The Bertz CT molecular complexity index is 146. The molecule has 0 aliphatic carbocycles. The van der Waals surface area contributed by atoms with Crippen LogP contribution in [0, 0.1) is 0 Å². The van der Waals surface area contributed by atoms with Gasteiger partial charge in [0.25, 0.3) is 0 Å². The van der Waals surface area contributed by atoms with E-state index in [0.717, 1.165) is 29.7 Å². The molecule has 78 valence electrons. The van der Waals surface area contributed by atoms with Gasteiger partial charge in [-0.15, -0.1) is 0 Å². The van der Waals surface area contributed by atoms with Gasteiger partial charge in [-0.1, -0.05) is 0 Å². The number of hydrogen-bond acceptors (Lipinski definition) is 2. The monoisotopic (exact) mass is 201 g/mol. The Hall–Kier alpha value is 0.452. The van der Waals surface area contributed by atoms with Crippen LogP contribution in [0.2, 0.25) is 0 Å². The summed E-state index contributed by atoms with van der Waals surface area (Å²) in [5, 5.41) is 0. The molecule has 0 aromatic heterocycles. The molecule has 0 aromatic rings. The van der Waals surface area contributed by atoms with E-state index in [1.165, 1.54) is 0 Å². The predicted octanol–water partition coefficient (Wildman–Crippen LogP) is 1.45. The van der Waals surface area contributed by atoms with Crippen LogP contribution in [0.15, 0.2) is 0 Å². The third-order valence-electron chi connectivity index (χ3n) is 2.11. The van der Waals surface area contributed by atoms with E-state index in [4.69, 9.17) is 4.74 Å². The van der Waals surface area contributed by atoms with Gasteiger partial charge in [-0.25, -0.2) is 0 Å². The molecule has 0 spiro atoms. The minimum atomic E-state index is 0.000278. The first kappa shape index (κ1) is 13.5. The van der Waals surface area contributed by atoms with E-state index in [0.29, 0.717) is 5.54 Å². The highest BCUT2D eigenvalue weighted by atomic mass is 27.1. The maximum Gasteiger partial charge on any atom is 0.322 e. The molecule has 13 heavy (non-hydrogen) atoms. The Morgan fingerprint density at radius 1 is 1.08 bits per heavy atom. The maximum absolute atomic E-state index is 5.68. The lowest BCUT2D eigenvalue weighted by molar-refractivity contribution is -0.0114. The van der Waals surface area contributed by atoms with Gasteiger partial charge in [-0.05, 0) is 47.1 Å². The zero-order valence-electron chi connectivity index (χ0n) is 10.3. The fourth-order valence-corrected chi connectivity index (χ4v) is 1.01. The molecule has 0 saturated carbocycles. The fraction of sp³-hybridized carbons (Fsp3) is 1.00. The maximum atomic E-state index is 5.68. The second-order valence-electron chi connectivity index (χ2n) is 5.55. The van der Waals surface area contributed by atoms with Crippen molar-refractivity contribution in [1.82, 2.24) is 3.88 Å². The van der Waals surface area contributed by atoms with E-state index in [-0.39, 0.29) is 5.60 Å². The molecule has 3 heteroatoms. The normalized spacial score (nSPS) is 13.8. The van der Waals surface area contributed by atoms with Gasteiger partial charge in [0, 0.05) is 6.54 Å². The third-order valence-corrected chi connectivity index (χ3v) is 3.90. The average Bonchev–Trinajstić information content (AvgIpc) is 1.82. The van der Waals surface area contributed by atoms with Gasteiger partial charge in [-0.2, -0.15) is 0 Å². The molecule has 0 aliphatic rings. The molecule has 0 bridgehead atoms. The molecule has 2 nitrogen and oxygen atoms in total. The minimum Gasteiger partial charge on any atom is -0.384 e. The van der Waals surface area contributed by atoms with Crippen molar-refractivity contribution >= 4 is 16.5 Å². The first-order valence-electron chi connectivity index (χ1n) is 4.98. The summed E-state index contributed by atoms with van der Waals surface area (Å²) in [7, 11) is 0. The predicted molar refractivity (Wildman–Crippen MR) is 60.7 cm³/mol. The summed E-state index contributed by atoms with van der Waals surface area (Å²) in [5.74, 6) is 0. The molecule has 0 amide bonds. The molecule has 0 saturated heterocycles. The van der Waals surface area contributed by atoms with Gasteiger partial charge in [0.15, 0.2) is 0 Å². The van der Waals surface area contributed by atoms with Crippen molar-refractivity contribution in [3.05, 3.63) is 0 Å². The summed E-state index contributed by atoms with van der Waals surface area (Å²) < 4.78 is 8.12. The van der Waals surface area contributed by atoms with Crippen molar-refractivity contribution in [2.24, 2.45) is 0 Å². The lowest BCUT2D eigenvalue weighted by Gasteiger charge is -2.34. The quantitative estimate of drug-likeness (QED) is 0.641. The fourth-order valence-electron chi connectivity index (χ4n) is 0.824. The molecule has 0 unspecified atom stereocenters. The van der Waals surface area contributed by atoms with Crippen molar-refractivity contribution in [3.8, 4) is 0 Å².